The van der Waals surface area contributed by atoms with E-state index < -0.39 is 0 Å². The lowest BCUT2D eigenvalue weighted by molar-refractivity contribution is 0.424. The van der Waals surface area contributed by atoms with Gasteiger partial charge in [-0.1, -0.05) is 17.6 Å². The third kappa shape index (κ3) is 1.32. The van der Waals surface area contributed by atoms with Crippen molar-refractivity contribution in [1.29, 1.82) is 0 Å². The fourth-order valence-electron chi connectivity index (χ4n) is 3.54. The highest BCUT2D eigenvalue weighted by Gasteiger charge is 2.55. The quantitative estimate of drug-likeness (QED) is 0.878. The Morgan fingerprint density at radius 2 is 2.06 bits per heavy atom. The van der Waals surface area contributed by atoms with Crippen molar-refractivity contribution in [3.63, 3.8) is 0 Å². The number of nitrogens with zero attached hydrogens (tertiary/aromatic N) is 2. The Morgan fingerprint density at radius 1 is 1.22 bits per heavy atom. The largest absolute Gasteiger partial charge is 0.367 e. The minimum Gasteiger partial charge on any atom is -0.367 e. The van der Waals surface area contributed by atoms with E-state index in [9.17, 15) is 0 Å². The van der Waals surface area contributed by atoms with Gasteiger partial charge in [0.05, 0.1) is 17.0 Å². The van der Waals surface area contributed by atoms with E-state index in [2.05, 4.69) is 10.1 Å². The van der Waals surface area contributed by atoms with Crippen LogP contribution >= 0.6 is 0 Å². The molecule has 2 aromatic rings. The second-order valence-electron chi connectivity index (χ2n) is 5.31. The molecule has 92 valence electrons. The molecule has 2 unspecified atom stereocenters. The summed E-state index contributed by atoms with van der Waals surface area (Å²) in [7, 11) is 0. The van der Waals surface area contributed by atoms with Crippen molar-refractivity contribution in [2.24, 2.45) is 11.8 Å². The van der Waals surface area contributed by atoms with Crippen molar-refractivity contribution in [3.05, 3.63) is 30.1 Å². The fourth-order valence-corrected chi connectivity index (χ4v) is 3.54. The number of nitrogens with two attached hydrogens (primary N) is 1. The van der Waals surface area contributed by atoms with Gasteiger partial charge in [-0.3, -0.25) is 4.98 Å². The molecule has 0 saturated heterocycles. The van der Waals surface area contributed by atoms with Crippen LogP contribution in [0.25, 0.3) is 11.3 Å². The van der Waals surface area contributed by atoms with E-state index in [0.717, 1.165) is 28.8 Å². The molecule has 0 amide bonds. The number of fused-ring (bicyclic) bond motifs is 1. The number of pyridine rings is 1. The Hall–Kier alpha value is -1.84. The number of aromatic nitrogens is 2. The third-order valence-electron chi connectivity index (χ3n) is 4.39. The van der Waals surface area contributed by atoms with Crippen molar-refractivity contribution in [3.8, 4) is 11.3 Å². The summed E-state index contributed by atoms with van der Waals surface area (Å²) in [6.07, 6.45) is 5.78. The summed E-state index contributed by atoms with van der Waals surface area (Å²) in [4.78, 5) is 4.37. The van der Waals surface area contributed by atoms with Gasteiger partial charge in [0.1, 0.15) is 0 Å². The first-order chi connectivity index (χ1) is 8.86. The van der Waals surface area contributed by atoms with Crippen LogP contribution in [-0.4, -0.2) is 10.1 Å². The summed E-state index contributed by atoms with van der Waals surface area (Å²) in [5.74, 6) is 2.56. The summed E-state index contributed by atoms with van der Waals surface area (Å²) < 4.78 is 5.20. The van der Waals surface area contributed by atoms with Crippen LogP contribution in [0, 0.1) is 11.8 Å². The summed E-state index contributed by atoms with van der Waals surface area (Å²) in [6.45, 7) is 0. The molecule has 0 aromatic carbocycles. The lowest BCUT2D eigenvalue weighted by atomic mass is 10.0. The van der Waals surface area contributed by atoms with Crippen molar-refractivity contribution < 1.29 is 4.52 Å². The predicted octanol–water partition coefficient (Wildman–Crippen LogP) is 2.83. The summed E-state index contributed by atoms with van der Waals surface area (Å²) in [5.41, 5.74) is 8.73. The zero-order valence-electron chi connectivity index (χ0n) is 10.0. The zero-order chi connectivity index (χ0) is 12.1. The molecule has 4 nitrogen and oxygen atoms in total. The Morgan fingerprint density at radius 3 is 2.78 bits per heavy atom. The first-order valence-electron chi connectivity index (χ1n) is 6.52. The molecule has 2 fully saturated rings. The van der Waals surface area contributed by atoms with Crippen molar-refractivity contribution in [1.82, 2.24) is 10.1 Å². The molecule has 4 rings (SSSR count). The second kappa shape index (κ2) is 3.57. The fraction of sp³-hybridized carbons (Fsp3) is 0.429. The number of hydrogen-bond acceptors (Lipinski definition) is 4. The van der Waals surface area contributed by atoms with Gasteiger partial charge in [-0.05, 0) is 36.8 Å². The molecule has 18 heavy (non-hydrogen) atoms. The summed E-state index contributed by atoms with van der Waals surface area (Å²) in [6, 6.07) is 5.83. The van der Waals surface area contributed by atoms with E-state index in [1.54, 1.807) is 6.20 Å². The van der Waals surface area contributed by atoms with Gasteiger partial charge < -0.3 is 10.3 Å². The van der Waals surface area contributed by atoms with Crippen molar-refractivity contribution in [2.45, 2.75) is 25.2 Å². The van der Waals surface area contributed by atoms with Crippen LogP contribution in [0.5, 0.6) is 0 Å². The van der Waals surface area contributed by atoms with Crippen LogP contribution in [0.1, 0.15) is 30.9 Å². The maximum Gasteiger partial charge on any atom is 0.231 e. The molecule has 0 bridgehead atoms. The number of hydrogen-bond donors (Lipinski definition) is 1. The van der Waals surface area contributed by atoms with E-state index in [-0.39, 0.29) is 0 Å². The first-order valence-corrected chi connectivity index (χ1v) is 6.52. The van der Waals surface area contributed by atoms with Gasteiger partial charge >= 0.3 is 0 Å². The lowest BCUT2D eigenvalue weighted by Crippen LogP contribution is -1.94. The highest BCUT2D eigenvalue weighted by atomic mass is 16.5. The maximum absolute atomic E-state index is 5.92. The van der Waals surface area contributed by atoms with Gasteiger partial charge in [0.2, 0.25) is 5.88 Å². The van der Waals surface area contributed by atoms with Gasteiger partial charge in [0.25, 0.3) is 0 Å². The maximum atomic E-state index is 5.92. The third-order valence-corrected chi connectivity index (χ3v) is 4.39. The van der Waals surface area contributed by atoms with E-state index in [1.165, 1.54) is 19.3 Å². The summed E-state index contributed by atoms with van der Waals surface area (Å²) >= 11 is 0. The lowest BCUT2D eigenvalue weighted by Gasteiger charge is -2.03. The van der Waals surface area contributed by atoms with Crippen molar-refractivity contribution in [2.75, 3.05) is 5.73 Å². The molecule has 2 N–H and O–H groups in total. The van der Waals surface area contributed by atoms with Crippen molar-refractivity contribution >= 4 is 5.88 Å². The van der Waals surface area contributed by atoms with Crippen LogP contribution in [0.4, 0.5) is 5.88 Å². The topological polar surface area (TPSA) is 64.9 Å². The second-order valence-corrected chi connectivity index (χ2v) is 5.31. The van der Waals surface area contributed by atoms with Gasteiger partial charge in [0, 0.05) is 12.1 Å². The molecule has 2 aliphatic carbocycles. The van der Waals surface area contributed by atoms with E-state index in [1.807, 2.05) is 18.2 Å². The molecular formula is C14H15N3O. The highest BCUT2D eigenvalue weighted by molar-refractivity contribution is 5.73. The van der Waals surface area contributed by atoms with E-state index >= 15 is 0 Å². The minimum absolute atomic E-state index is 0.397. The monoisotopic (exact) mass is 241 g/mol. The Balaban J connectivity index is 1.77. The molecule has 0 spiro atoms. The highest BCUT2D eigenvalue weighted by Crippen LogP contribution is 2.64. The SMILES string of the molecule is Nc1onc(C2C3CCCC32)c1-c1ccccn1. The Bertz CT molecular complexity index is 568. The van der Waals surface area contributed by atoms with Crippen LogP contribution in [0.15, 0.2) is 28.9 Å². The molecule has 2 aromatic heterocycles. The smallest absolute Gasteiger partial charge is 0.231 e. The molecule has 2 atom stereocenters. The standard InChI is InChI=1S/C14H15N3O/c15-14-12(10-6-1-2-7-16-10)13(17-18-14)11-8-4-3-5-9(8)11/h1-2,6-9,11H,3-5,15H2. The molecule has 2 heterocycles. The van der Waals surface area contributed by atoms with Crippen LogP contribution in [-0.2, 0) is 0 Å². The van der Waals surface area contributed by atoms with Gasteiger partial charge in [-0.25, -0.2) is 0 Å². The normalized spacial score (nSPS) is 29.2. The van der Waals surface area contributed by atoms with E-state index in [4.69, 9.17) is 10.3 Å². The molecular weight excluding hydrogens is 226 g/mol. The first kappa shape index (κ1) is 10.1. The number of anilines is 1. The van der Waals surface area contributed by atoms with Crippen LogP contribution < -0.4 is 5.73 Å². The molecule has 2 saturated carbocycles. The zero-order valence-corrected chi connectivity index (χ0v) is 10.0. The van der Waals surface area contributed by atoms with Gasteiger partial charge in [-0.2, -0.15) is 0 Å². The van der Waals surface area contributed by atoms with Gasteiger partial charge in [-0.15, -0.1) is 0 Å². The minimum atomic E-state index is 0.397. The van der Waals surface area contributed by atoms with Gasteiger partial charge in [0.15, 0.2) is 0 Å². The number of rotatable bonds is 2. The number of nitrogen functional groups attached to an aromatic ring is 1. The van der Waals surface area contributed by atoms with Crippen LogP contribution in [0.2, 0.25) is 0 Å². The van der Waals surface area contributed by atoms with E-state index in [0.29, 0.717) is 11.8 Å². The average molecular weight is 241 g/mol. The molecule has 2 aliphatic rings. The van der Waals surface area contributed by atoms with Crippen LogP contribution in [0.3, 0.4) is 0 Å². The average Bonchev–Trinajstić information content (AvgIpc) is 2.79. The molecule has 0 aliphatic heterocycles. The Kier molecular flexibility index (Phi) is 2.01. The molecule has 4 heteroatoms. The predicted molar refractivity (Wildman–Crippen MR) is 67.7 cm³/mol. The Labute approximate surface area is 105 Å². The molecule has 0 radical (unpaired) electrons. The summed E-state index contributed by atoms with van der Waals surface area (Å²) in [5, 5.41) is 4.20.